The van der Waals surface area contributed by atoms with Crippen LogP contribution in [0.1, 0.15) is 11.1 Å². The summed E-state index contributed by atoms with van der Waals surface area (Å²) in [7, 11) is 2.08. The van der Waals surface area contributed by atoms with Gasteiger partial charge in [0.05, 0.1) is 5.69 Å². The summed E-state index contributed by atoms with van der Waals surface area (Å²) in [5, 5.41) is 0. The standard InChI is InChI=1S/C18H14N2/c1-20-11-10-13(15-7-3-5-9-18(15)20)16-12-19-17-8-4-2-6-14(16)17/h2-12H,1H3/b16-13-. The highest BCUT2D eigenvalue weighted by Crippen LogP contribution is 2.40. The van der Waals surface area contributed by atoms with Crippen molar-refractivity contribution in [3.05, 3.63) is 71.9 Å². The van der Waals surface area contributed by atoms with E-state index in [4.69, 9.17) is 0 Å². The molecule has 2 aliphatic rings. The maximum Gasteiger partial charge on any atom is 0.0709 e. The average Bonchev–Trinajstić information content (AvgIpc) is 2.92. The number of hydrogen-bond acceptors (Lipinski definition) is 2. The van der Waals surface area contributed by atoms with E-state index in [1.165, 1.54) is 28.0 Å². The molecule has 0 unspecified atom stereocenters. The van der Waals surface area contributed by atoms with Gasteiger partial charge in [0.2, 0.25) is 0 Å². The van der Waals surface area contributed by atoms with E-state index in [1.54, 1.807) is 0 Å². The largest absolute Gasteiger partial charge is 0.351 e. The predicted octanol–water partition coefficient (Wildman–Crippen LogP) is 4.28. The number of hydrogen-bond donors (Lipinski definition) is 0. The lowest BCUT2D eigenvalue weighted by molar-refractivity contribution is 1.18. The number of anilines is 1. The molecule has 20 heavy (non-hydrogen) atoms. The van der Waals surface area contributed by atoms with Crippen LogP contribution in [0, 0.1) is 0 Å². The van der Waals surface area contributed by atoms with E-state index in [2.05, 4.69) is 71.7 Å². The molecule has 0 bridgehead atoms. The van der Waals surface area contributed by atoms with Crippen LogP contribution in [0.15, 0.2) is 65.8 Å². The lowest BCUT2D eigenvalue weighted by Gasteiger charge is -2.24. The van der Waals surface area contributed by atoms with Crippen LogP contribution in [0.5, 0.6) is 0 Å². The zero-order chi connectivity index (χ0) is 13.5. The molecule has 0 spiro atoms. The van der Waals surface area contributed by atoms with Gasteiger partial charge in [-0.3, -0.25) is 4.99 Å². The minimum absolute atomic E-state index is 1.06. The van der Waals surface area contributed by atoms with Crippen molar-refractivity contribution >= 4 is 28.7 Å². The molecule has 4 rings (SSSR count). The Labute approximate surface area is 118 Å². The molecule has 2 aromatic rings. The SMILES string of the molecule is CN1C=C/C(=C2\C=Nc3ccccc32)c2ccccc21. The van der Waals surface area contributed by atoms with Gasteiger partial charge >= 0.3 is 0 Å². The molecule has 0 saturated carbocycles. The monoisotopic (exact) mass is 258 g/mol. The van der Waals surface area contributed by atoms with Crippen molar-refractivity contribution in [2.24, 2.45) is 4.99 Å². The van der Waals surface area contributed by atoms with Gasteiger partial charge in [0, 0.05) is 41.8 Å². The molecular formula is C18H14N2. The van der Waals surface area contributed by atoms with Crippen LogP contribution < -0.4 is 4.90 Å². The van der Waals surface area contributed by atoms with E-state index < -0.39 is 0 Å². The van der Waals surface area contributed by atoms with Gasteiger partial charge in [-0.25, -0.2) is 0 Å². The molecule has 0 saturated heterocycles. The van der Waals surface area contributed by atoms with E-state index in [-0.39, 0.29) is 0 Å². The Morgan fingerprint density at radius 3 is 2.50 bits per heavy atom. The third kappa shape index (κ3) is 1.55. The van der Waals surface area contributed by atoms with Gasteiger partial charge in [-0.15, -0.1) is 0 Å². The highest BCUT2D eigenvalue weighted by molar-refractivity contribution is 6.26. The van der Waals surface area contributed by atoms with E-state index in [1.807, 2.05) is 12.3 Å². The molecule has 0 aromatic heterocycles. The second-order valence-electron chi connectivity index (χ2n) is 5.05. The lowest BCUT2D eigenvalue weighted by atomic mass is 9.92. The topological polar surface area (TPSA) is 15.6 Å². The first kappa shape index (κ1) is 11.2. The molecule has 0 amide bonds. The summed E-state index contributed by atoms with van der Waals surface area (Å²) in [5.74, 6) is 0. The highest BCUT2D eigenvalue weighted by Gasteiger charge is 2.20. The maximum atomic E-state index is 4.52. The molecule has 0 N–H and O–H groups in total. The van der Waals surface area contributed by atoms with Crippen molar-refractivity contribution in [3.63, 3.8) is 0 Å². The number of fused-ring (bicyclic) bond motifs is 2. The molecule has 0 atom stereocenters. The van der Waals surface area contributed by atoms with Crippen LogP contribution >= 0.6 is 0 Å². The minimum atomic E-state index is 1.06. The number of para-hydroxylation sites is 2. The first-order chi connectivity index (χ1) is 9.84. The van der Waals surface area contributed by atoms with Crippen LogP contribution in [0.2, 0.25) is 0 Å². The molecule has 96 valence electrons. The van der Waals surface area contributed by atoms with Crippen molar-refractivity contribution < 1.29 is 0 Å². The van der Waals surface area contributed by atoms with Crippen LogP contribution in [-0.4, -0.2) is 13.3 Å². The molecule has 2 aromatic carbocycles. The normalized spacial score (nSPS) is 19.1. The summed E-state index contributed by atoms with van der Waals surface area (Å²) in [6.07, 6.45) is 6.26. The zero-order valence-electron chi connectivity index (χ0n) is 11.2. The fraction of sp³-hybridized carbons (Fsp3) is 0.0556. The van der Waals surface area contributed by atoms with E-state index >= 15 is 0 Å². The van der Waals surface area contributed by atoms with E-state index in [0.717, 1.165) is 5.69 Å². The third-order valence-electron chi connectivity index (χ3n) is 3.86. The molecule has 2 heteroatoms. The number of allylic oxidation sites excluding steroid dienone is 3. The lowest BCUT2D eigenvalue weighted by Crippen LogP contribution is -2.13. The van der Waals surface area contributed by atoms with Gasteiger partial charge in [0.1, 0.15) is 0 Å². The van der Waals surface area contributed by atoms with Gasteiger partial charge in [-0.05, 0) is 23.8 Å². The van der Waals surface area contributed by atoms with Gasteiger partial charge in [-0.2, -0.15) is 0 Å². The summed E-state index contributed by atoms with van der Waals surface area (Å²) in [6.45, 7) is 0. The Morgan fingerprint density at radius 1 is 0.850 bits per heavy atom. The number of benzene rings is 2. The van der Waals surface area contributed by atoms with Crippen LogP contribution in [0.25, 0.3) is 11.1 Å². The fourth-order valence-corrected chi connectivity index (χ4v) is 2.83. The zero-order valence-corrected chi connectivity index (χ0v) is 11.2. The van der Waals surface area contributed by atoms with E-state index in [0.29, 0.717) is 0 Å². The molecule has 2 nitrogen and oxygen atoms in total. The number of aliphatic imine (C=N–C) groups is 1. The number of rotatable bonds is 0. The second-order valence-corrected chi connectivity index (χ2v) is 5.05. The molecule has 0 fully saturated rings. The predicted molar refractivity (Wildman–Crippen MR) is 85.4 cm³/mol. The van der Waals surface area contributed by atoms with Crippen LogP contribution in [0.3, 0.4) is 0 Å². The van der Waals surface area contributed by atoms with Gasteiger partial charge < -0.3 is 4.90 Å². The Balaban J connectivity index is 1.99. The highest BCUT2D eigenvalue weighted by atomic mass is 15.1. The summed E-state index contributed by atoms with van der Waals surface area (Å²) in [4.78, 5) is 6.67. The summed E-state index contributed by atoms with van der Waals surface area (Å²) in [5.41, 5.74) is 7.21. The van der Waals surface area contributed by atoms with Crippen molar-refractivity contribution in [1.82, 2.24) is 0 Å². The summed E-state index contributed by atoms with van der Waals surface area (Å²) in [6, 6.07) is 16.8. The molecule has 0 aliphatic carbocycles. The number of nitrogens with zero attached hydrogens (tertiary/aromatic N) is 2. The molecule has 2 aliphatic heterocycles. The van der Waals surface area contributed by atoms with Crippen molar-refractivity contribution in [2.75, 3.05) is 11.9 Å². The second kappa shape index (κ2) is 4.20. The Morgan fingerprint density at radius 2 is 1.60 bits per heavy atom. The minimum Gasteiger partial charge on any atom is -0.351 e. The smallest absolute Gasteiger partial charge is 0.0709 e. The van der Waals surface area contributed by atoms with Crippen LogP contribution in [-0.2, 0) is 0 Å². The van der Waals surface area contributed by atoms with Gasteiger partial charge in [-0.1, -0.05) is 36.4 Å². The van der Waals surface area contributed by atoms with E-state index in [9.17, 15) is 0 Å². The molecule has 0 radical (unpaired) electrons. The van der Waals surface area contributed by atoms with Gasteiger partial charge in [0.15, 0.2) is 0 Å². The summed E-state index contributed by atoms with van der Waals surface area (Å²) >= 11 is 0. The Hall–Kier alpha value is -2.61. The maximum absolute atomic E-state index is 4.52. The Kier molecular flexibility index (Phi) is 2.36. The van der Waals surface area contributed by atoms with Crippen molar-refractivity contribution in [1.29, 1.82) is 0 Å². The first-order valence-corrected chi connectivity index (χ1v) is 6.73. The van der Waals surface area contributed by atoms with Crippen LogP contribution in [0.4, 0.5) is 11.4 Å². The quantitative estimate of drug-likeness (QED) is 0.688. The van der Waals surface area contributed by atoms with Crippen molar-refractivity contribution in [3.8, 4) is 0 Å². The Bertz CT molecular complexity index is 782. The van der Waals surface area contributed by atoms with Crippen molar-refractivity contribution in [2.45, 2.75) is 0 Å². The fourth-order valence-electron chi connectivity index (χ4n) is 2.83. The summed E-state index contributed by atoms with van der Waals surface area (Å²) < 4.78 is 0. The first-order valence-electron chi connectivity index (χ1n) is 6.73. The molecule has 2 heterocycles. The van der Waals surface area contributed by atoms with Gasteiger partial charge in [0.25, 0.3) is 0 Å². The molecular weight excluding hydrogens is 244 g/mol. The average molecular weight is 258 g/mol. The third-order valence-corrected chi connectivity index (χ3v) is 3.86.